The van der Waals surface area contributed by atoms with Crippen molar-refractivity contribution in [3.63, 3.8) is 0 Å². The van der Waals surface area contributed by atoms with E-state index in [1.807, 2.05) is 0 Å². The molecule has 21 heavy (non-hydrogen) atoms. The number of ether oxygens (including phenoxy) is 1. The molecule has 0 heterocycles. The van der Waals surface area contributed by atoms with Crippen molar-refractivity contribution >= 4 is 46.4 Å². The zero-order valence-electron chi connectivity index (χ0n) is 10.7. The van der Waals surface area contributed by atoms with Crippen LogP contribution in [0.1, 0.15) is 10.4 Å². The molecular formula is C14H9Cl3FNO2. The Morgan fingerprint density at radius 1 is 1.14 bits per heavy atom. The molecule has 0 aliphatic carbocycles. The van der Waals surface area contributed by atoms with Gasteiger partial charge in [-0.2, -0.15) is 0 Å². The minimum atomic E-state index is -0.571. The highest BCUT2D eigenvalue weighted by molar-refractivity contribution is 6.36. The molecule has 3 nitrogen and oxygen atoms in total. The highest BCUT2D eigenvalue weighted by atomic mass is 35.5. The molecule has 0 radical (unpaired) electrons. The molecule has 110 valence electrons. The summed E-state index contributed by atoms with van der Waals surface area (Å²) in [5.41, 5.74) is 0.500. The van der Waals surface area contributed by atoms with E-state index in [4.69, 9.17) is 39.5 Å². The topological polar surface area (TPSA) is 38.3 Å². The SMILES string of the molecule is COc1c(Cl)cc(Cl)cc1C(=O)Nc1ccc(F)c(Cl)c1. The Hall–Kier alpha value is -1.49. The van der Waals surface area contributed by atoms with Crippen molar-refractivity contribution in [2.24, 2.45) is 0 Å². The third-order valence-electron chi connectivity index (χ3n) is 2.63. The molecule has 7 heteroatoms. The molecule has 1 N–H and O–H groups in total. The Balaban J connectivity index is 2.34. The standard InChI is InChI=1S/C14H9Cl3FNO2/c1-21-13-9(4-7(15)5-11(13)17)14(20)19-8-2-3-12(18)10(16)6-8/h2-6H,1H3,(H,19,20). The highest BCUT2D eigenvalue weighted by Gasteiger charge is 2.17. The monoisotopic (exact) mass is 347 g/mol. The normalized spacial score (nSPS) is 10.3. The van der Waals surface area contributed by atoms with Gasteiger partial charge in [0, 0.05) is 10.7 Å². The van der Waals surface area contributed by atoms with Crippen LogP contribution in [0.5, 0.6) is 5.75 Å². The number of anilines is 1. The lowest BCUT2D eigenvalue weighted by atomic mass is 10.1. The fraction of sp³-hybridized carbons (Fsp3) is 0.0714. The van der Waals surface area contributed by atoms with Crippen LogP contribution in [0.25, 0.3) is 0 Å². The second-order valence-electron chi connectivity index (χ2n) is 4.05. The number of rotatable bonds is 3. The predicted octanol–water partition coefficient (Wildman–Crippen LogP) is 5.05. The van der Waals surface area contributed by atoms with Crippen molar-refractivity contribution in [1.29, 1.82) is 0 Å². The maximum atomic E-state index is 13.1. The Morgan fingerprint density at radius 3 is 2.48 bits per heavy atom. The largest absolute Gasteiger partial charge is 0.494 e. The van der Waals surface area contributed by atoms with Gasteiger partial charge in [-0.05, 0) is 30.3 Å². The lowest BCUT2D eigenvalue weighted by Crippen LogP contribution is -2.13. The maximum Gasteiger partial charge on any atom is 0.259 e. The molecule has 0 unspecified atom stereocenters. The zero-order chi connectivity index (χ0) is 15.6. The molecular weight excluding hydrogens is 340 g/mol. The van der Waals surface area contributed by atoms with Gasteiger partial charge in [-0.25, -0.2) is 4.39 Å². The molecule has 0 aliphatic heterocycles. The van der Waals surface area contributed by atoms with Crippen molar-refractivity contribution in [2.45, 2.75) is 0 Å². The fourth-order valence-electron chi connectivity index (χ4n) is 1.71. The van der Waals surface area contributed by atoms with Crippen molar-refractivity contribution in [3.8, 4) is 5.75 Å². The van der Waals surface area contributed by atoms with Gasteiger partial charge < -0.3 is 10.1 Å². The van der Waals surface area contributed by atoms with Gasteiger partial charge >= 0.3 is 0 Å². The van der Waals surface area contributed by atoms with E-state index in [9.17, 15) is 9.18 Å². The third kappa shape index (κ3) is 3.59. The molecule has 0 fully saturated rings. The summed E-state index contributed by atoms with van der Waals surface area (Å²) >= 11 is 17.5. The van der Waals surface area contributed by atoms with E-state index < -0.39 is 11.7 Å². The molecule has 0 bridgehead atoms. The number of halogens is 4. The molecule has 0 aliphatic rings. The summed E-state index contributed by atoms with van der Waals surface area (Å²) in [6.07, 6.45) is 0. The van der Waals surface area contributed by atoms with Crippen molar-refractivity contribution in [3.05, 3.63) is 56.8 Å². The fourth-order valence-corrected chi connectivity index (χ4v) is 2.46. The first-order valence-electron chi connectivity index (χ1n) is 5.72. The minimum absolute atomic E-state index is 0.0936. The van der Waals surface area contributed by atoms with Gasteiger partial charge in [0.25, 0.3) is 5.91 Å². The van der Waals surface area contributed by atoms with Gasteiger partial charge in [-0.15, -0.1) is 0 Å². The van der Waals surface area contributed by atoms with E-state index in [1.165, 1.54) is 31.4 Å². The van der Waals surface area contributed by atoms with Crippen LogP contribution in [0, 0.1) is 5.82 Å². The highest BCUT2D eigenvalue weighted by Crippen LogP contribution is 2.32. The van der Waals surface area contributed by atoms with Crippen molar-refractivity contribution < 1.29 is 13.9 Å². The predicted molar refractivity (Wildman–Crippen MR) is 82.4 cm³/mol. The van der Waals surface area contributed by atoms with Gasteiger partial charge in [-0.1, -0.05) is 34.8 Å². The van der Waals surface area contributed by atoms with E-state index in [2.05, 4.69) is 5.32 Å². The molecule has 0 atom stereocenters. The van der Waals surface area contributed by atoms with E-state index in [1.54, 1.807) is 0 Å². The summed E-state index contributed by atoms with van der Waals surface area (Å²) in [4.78, 5) is 12.2. The summed E-state index contributed by atoms with van der Waals surface area (Å²) in [5.74, 6) is -0.872. The van der Waals surface area contributed by atoms with Crippen LogP contribution < -0.4 is 10.1 Å². The first-order chi connectivity index (χ1) is 9.92. The van der Waals surface area contributed by atoms with E-state index in [-0.39, 0.29) is 21.4 Å². The Labute approximate surface area is 135 Å². The minimum Gasteiger partial charge on any atom is -0.494 e. The number of hydrogen-bond acceptors (Lipinski definition) is 2. The molecule has 1 amide bonds. The van der Waals surface area contributed by atoms with Gasteiger partial charge in [0.1, 0.15) is 11.6 Å². The van der Waals surface area contributed by atoms with Crippen molar-refractivity contribution in [1.82, 2.24) is 0 Å². The Kier molecular flexibility index (Phi) is 4.93. The average molecular weight is 349 g/mol. The number of methoxy groups -OCH3 is 1. The molecule has 0 saturated carbocycles. The quantitative estimate of drug-likeness (QED) is 0.843. The summed E-state index contributed by atoms with van der Waals surface area (Å²) < 4.78 is 18.2. The summed E-state index contributed by atoms with van der Waals surface area (Å²) in [7, 11) is 1.39. The third-order valence-corrected chi connectivity index (χ3v) is 3.42. The Bertz CT molecular complexity index is 707. The van der Waals surface area contributed by atoms with Gasteiger partial charge in [-0.3, -0.25) is 4.79 Å². The molecule has 2 aromatic rings. The average Bonchev–Trinajstić information content (AvgIpc) is 2.42. The number of nitrogens with one attached hydrogen (secondary N) is 1. The second kappa shape index (κ2) is 6.52. The molecule has 2 aromatic carbocycles. The summed E-state index contributed by atoms with van der Waals surface area (Å²) in [6, 6.07) is 6.73. The van der Waals surface area contributed by atoms with E-state index in [0.29, 0.717) is 10.7 Å². The number of carbonyl (C=O) groups excluding carboxylic acids is 1. The van der Waals surface area contributed by atoms with Gasteiger partial charge in [0.05, 0.1) is 22.7 Å². The maximum absolute atomic E-state index is 13.1. The number of hydrogen-bond donors (Lipinski definition) is 1. The molecule has 0 aromatic heterocycles. The molecule has 2 rings (SSSR count). The van der Waals surface area contributed by atoms with Gasteiger partial charge in [0.15, 0.2) is 0 Å². The first-order valence-corrected chi connectivity index (χ1v) is 6.85. The van der Waals surface area contributed by atoms with Crippen LogP contribution in [0.3, 0.4) is 0 Å². The molecule has 0 saturated heterocycles. The van der Waals surface area contributed by atoms with Crippen LogP contribution in [0.2, 0.25) is 15.1 Å². The summed E-state index contributed by atoms with van der Waals surface area (Å²) in [5, 5.41) is 2.98. The zero-order valence-corrected chi connectivity index (χ0v) is 13.0. The number of amides is 1. The van der Waals surface area contributed by atoms with Crippen LogP contribution in [-0.4, -0.2) is 13.0 Å². The number of carbonyl (C=O) groups is 1. The van der Waals surface area contributed by atoms with Gasteiger partial charge in [0.2, 0.25) is 0 Å². The smallest absolute Gasteiger partial charge is 0.259 e. The first kappa shape index (κ1) is 15.9. The molecule has 0 spiro atoms. The van der Waals surface area contributed by atoms with Crippen LogP contribution in [-0.2, 0) is 0 Å². The lowest BCUT2D eigenvalue weighted by Gasteiger charge is -2.11. The second-order valence-corrected chi connectivity index (χ2v) is 5.30. The summed E-state index contributed by atoms with van der Waals surface area (Å²) in [6.45, 7) is 0. The van der Waals surface area contributed by atoms with Crippen LogP contribution in [0.4, 0.5) is 10.1 Å². The Morgan fingerprint density at radius 2 is 1.86 bits per heavy atom. The lowest BCUT2D eigenvalue weighted by molar-refractivity contribution is 0.102. The van der Waals surface area contributed by atoms with Crippen molar-refractivity contribution in [2.75, 3.05) is 12.4 Å². The van der Waals surface area contributed by atoms with E-state index >= 15 is 0 Å². The van der Waals surface area contributed by atoms with E-state index in [0.717, 1.165) is 6.07 Å². The van der Waals surface area contributed by atoms with Crippen LogP contribution >= 0.6 is 34.8 Å². The number of benzene rings is 2. The van der Waals surface area contributed by atoms with Crippen LogP contribution in [0.15, 0.2) is 30.3 Å².